The molecule has 3 N–H and O–H groups in total. The lowest BCUT2D eigenvalue weighted by molar-refractivity contribution is 0.0229. The molecule has 0 spiro atoms. The lowest BCUT2D eigenvalue weighted by Crippen LogP contribution is -2.42. The zero-order chi connectivity index (χ0) is 11.0. The van der Waals surface area contributed by atoms with Crippen molar-refractivity contribution in [2.24, 2.45) is 0 Å². The Hall–Kier alpha value is -0.160. The van der Waals surface area contributed by atoms with Crippen LogP contribution in [0.1, 0.15) is 32.6 Å². The number of rotatable bonds is 3. The minimum Gasteiger partial charge on any atom is -0.395 e. The van der Waals surface area contributed by atoms with Crippen LogP contribution in [0.4, 0.5) is 0 Å². The van der Waals surface area contributed by atoms with Crippen molar-refractivity contribution in [3.8, 4) is 0 Å². The van der Waals surface area contributed by atoms with E-state index >= 15 is 0 Å². The smallest absolute Gasteiger partial charge is 0.0969 e. The highest BCUT2D eigenvalue weighted by atomic mass is 16.3. The summed E-state index contributed by atoms with van der Waals surface area (Å²) in [6.45, 7) is 2.21. The van der Waals surface area contributed by atoms with Gasteiger partial charge in [0, 0.05) is 18.1 Å². The van der Waals surface area contributed by atoms with Gasteiger partial charge in [-0.3, -0.25) is 4.90 Å². The Balaban J connectivity index is 2.15. The average molecular weight is 215 g/mol. The number of hydrogen-bond donors (Lipinski definition) is 3. The summed E-state index contributed by atoms with van der Waals surface area (Å²) >= 11 is 0. The molecule has 0 aromatic carbocycles. The monoisotopic (exact) mass is 215 g/mol. The van der Waals surface area contributed by atoms with Gasteiger partial charge < -0.3 is 15.3 Å². The summed E-state index contributed by atoms with van der Waals surface area (Å²) in [6.07, 6.45) is 2.46. The summed E-state index contributed by atoms with van der Waals surface area (Å²) in [5.74, 6) is 0. The van der Waals surface area contributed by atoms with Crippen molar-refractivity contribution in [1.82, 2.24) is 4.90 Å². The van der Waals surface area contributed by atoms with E-state index in [1.165, 1.54) is 0 Å². The van der Waals surface area contributed by atoms with Crippen LogP contribution in [-0.2, 0) is 0 Å². The second kappa shape index (κ2) is 4.37. The Morgan fingerprint density at radius 1 is 1.20 bits per heavy atom. The van der Waals surface area contributed by atoms with Crippen molar-refractivity contribution < 1.29 is 15.3 Å². The first kappa shape index (κ1) is 11.3. The van der Waals surface area contributed by atoms with E-state index in [1.54, 1.807) is 0 Å². The second-order valence-corrected chi connectivity index (χ2v) is 4.77. The van der Waals surface area contributed by atoms with Crippen molar-refractivity contribution in [1.29, 1.82) is 0 Å². The normalized spacial score (nSPS) is 46.0. The maximum absolute atomic E-state index is 9.93. The van der Waals surface area contributed by atoms with Crippen LogP contribution in [0.15, 0.2) is 0 Å². The van der Waals surface area contributed by atoms with E-state index in [0.29, 0.717) is 0 Å². The Morgan fingerprint density at radius 3 is 2.53 bits per heavy atom. The first-order valence-corrected chi connectivity index (χ1v) is 5.95. The topological polar surface area (TPSA) is 63.9 Å². The maximum atomic E-state index is 9.93. The number of aliphatic hydroxyl groups is 3. The molecule has 2 heterocycles. The summed E-state index contributed by atoms with van der Waals surface area (Å²) in [4.78, 5) is 2.15. The van der Waals surface area contributed by atoms with E-state index in [0.717, 1.165) is 25.7 Å². The standard InChI is InChI=1S/C11H21NO3/c1-2-3-8-10(14)11(15)9-5-4-7(6-13)12(8)9/h7-11,13-15H,2-6H2,1H3/t7-,8+,9+,10+,11+/m1/s1. The first-order chi connectivity index (χ1) is 7.20. The van der Waals surface area contributed by atoms with Crippen molar-refractivity contribution in [3.05, 3.63) is 0 Å². The van der Waals surface area contributed by atoms with Crippen LogP contribution in [0.5, 0.6) is 0 Å². The van der Waals surface area contributed by atoms with Crippen LogP contribution in [0.25, 0.3) is 0 Å². The third kappa shape index (κ3) is 1.69. The van der Waals surface area contributed by atoms with Gasteiger partial charge in [-0.2, -0.15) is 0 Å². The molecule has 2 saturated heterocycles. The maximum Gasteiger partial charge on any atom is 0.0969 e. The average Bonchev–Trinajstić information content (AvgIpc) is 2.75. The molecule has 88 valence electrons. The van der Waals surface area contributed by atoms with E-state index in [1.807, 2.05) is 0 Å². The summed E-state index contributed by atoms with van der Waals surface area (Å²) in [5, 5.41) is 29.1. The van der Waals surface area contributed by atoms with Crippen LogP contribution < -0.4 is 0 Å². The molecule has 0 saturated carbocycles. The highest BCUT2D eigenvalue weighted by molar-refractivity contribution is 5.06. The zero-order valence-electron chi connectivity index (χ0n) is 9.21. The second-order valence-electron chi connectivity index (χ2n) is 4.77. The molecule has 0 unspecified atom stereocenters. The molecule has 0 amide bonds. The van der Waals surface area contributed by atoms with Gasteiger partial charge in [0.25, 0.3) is 0 Å². The summed E-state index contributed by atoms with van der Waals surface area (Å²) in [7, 11) is 0. The van der Waals surface area contributed by atoms with Crippen LogP contribution in [-0.4, -0.2) is 57.2 Å². The molecule has 2 fully saturated rings. The fourth-order valence-electron chi connectivity index (χ4n) is 3.23. The third-order valence-corrected chi connectivity index (χ3v) is 3.92. The molecule has 5 atom stereocenters. The number of nitrogens with zero attached hydrogens (tertiary/aromatic N) is 1. The van der Waals surface area contributed by atoms with Gasteiger partial charge in [0.2, 0.25) is 0 Å². The third-order valence-electron chi connectivity index (χ3n) is 3.92. The first-order valence-electron chi connectivity index (χ1n) is 5.95. The van der Waals surface area contributed by atoms with Gasteiger partial charge in [-0.1, -0.05) is 13.3 Å². The lowest BCUT2D eigenvalue weighted by Gasteiger charge is -2.29. The van der Waals surface area contributed by atoms with Crippen LogP contribution in [0.3, 0.4) is 0 Å². The summed E-state index contributed by atoms with van der Waals surface area (Å²) < 4.78 is 0. The summed E-state index contributed by atoms with van der Waals surface area (Å²) in [5.41, 5.74) is 0. The quantitative estimate of drug-likeness (QED) is 0.605. The molecular formula is C11H21NO3. The molecular weight excluding hydrogens is 194 g/mol. The molecule has 2 rings (SSSR count). The van der Waals surface area contributed by atoms with Crippen molar-refractivity contribution in [3.63, 3.8) is 0 Å². The van der Waals surface area contributed by atoms with Crippen molar-refractivity contribution >= 4 is 0 Å². The van der Waals surface area contributed by atoms with Crippen LogP contribution in [0, 0.1) is 0 Å². The Kier molecular flexibility index (Phi) is 3.30. The molecule has 4 heteroatoms. The predicted molar refractivity (Wildman–Crippen MR) is 56.4 cm³/mol. The Bertz CT molecular complexity index is 224. The van der Waals surface area contributed by atoms with Gasteiger partial charge in [-0.15, -0.1) is 0 Å². The molecule has 2 aliphatic heterocycles. The van der Waals surface area contributed by atoms with Gasteiger partial charge in [-0.25, -0.2) is 0 Å². The van der Waals surface area contributed by atoms with Gasteiger partial charge in [0.15, 0.2) is 0 Å². The number of aliphatic hydroxyl groups excluding tert-OH is 3. The van der Waals surface area contributed by atoms with E-state index in [4.69, 9.17) is 0 Å². The minimum atomic E-state index is -0.635. The minimum absolute atomic E-state index is 0.0367. The SMILES string of the molecule is CCC[C@H]1[C@H](O)[C@@H](O)[C@@H]2CC[C@H](CO)N12. The zero-order valence-corrected chi connectivity index (χ0v) is 9.21. The highest BCUT2D eigenvalue weighted by Gasteiger charge is 2.52. The van der Waals surface area contributed by atoms with Gasteiger partial charge in [0.1, 0.15) is 0 Å². The molecule has 0 aromatic rings. The Morgan fingerprint density at radius 2 is 1.93 bits per heavy atom. The fraction of sp³-hybridized carbons (Fsp3) is 1.00. The molecule has 0 bridgehead atoms. The van der Waals surface area contributed by atoms with Crippen molar-refractivity contribution in [2.75, 3.05) is 6.61 Å². The molecule has 0 aromatic heterocycles. The molecule has 2 aliphatic rings. The van der Waals surface area contributed by atoms with E-state index < -0.39 is 12.2 Å². The van der Waals surface area contributed by atoms with Crippen molar-refractivity contribution in [2.45, 2.75) is 62.9 Å². The lowest BCUT2D eigenvalue weighted by atomic mass is 10.0. The van der Waals surface area contributed by atoms with Gasteiger partial charge >= 0.3 is 0 Å². The molecule has 0 radical (unpaired) electrons. The predicted octanol–water partition coefficient (Wildman–Crippen LogP) is -0.284. The largest absolute Gasteiger partial charge is 0.395 e. The van der Waals surface area contributed by atoms with E-state index in [2.05, 4.69) is 11.8 Å². The molecule has 15 heavy (non-hydrogen) atoms. The van der Waals surface area contributed by atoms with E-state index in [9.17, 15) is 15.3 Å². The van der Waals surface area contributed by atoms with Gasteiger partial charge in [0.05, 0.1) is 18.8 Å². The van der Waals surface area contributed by atoms with E-state index in [-0.39, 0.29) is 24.7 Å². The molecule has 4 nitrogen and oxygen atoms in total. The fourth-order valence-corrected chi connectivity index (χ4v) is 3.23. The van der Waals surface area contributed by atoms with Crippen LogP contribution >= 0.6 is 0 Å². The number of hydrogen-bond acceptors (Lipinski definition) is 4. The molecule has 0 aliphatic carbocycles. The van der Waals surface area contributed by atoms with Gasteiger partial charge in [-0.05, 0) is 19.3 Å². The Labute approximate surface area is 90.5 Å². The summed E-state index contributed by atoms with van der Waals surface area (Å²) in [6, 6.07) is 0.238. The highest BCUT2D eigenvalue weighted by Crippen LogP contribution is 2.38. The van der Waals surface area contributed by atoms with Crippen LogP contribution in [0.2, 0.25) is 0 Å². The number of fused-ring (bicyclic) bond motifs is 1.